The van der Waals surface area contributed by atoms with Gasteiger partial charge in [-0.05, 0) is 5.92 Å². The Morgan fingerprint density at radius 1 is 1.50 bits per heavy atom. The molecule has 0 aliphatic carbocycles. The van der Waals surface area contributed by atoms with E-state index in [0.717, 1.165) is 5.82 Å². The second-order valence-electron chi connectivity index (χ2n) is 4.46. The van der Waals surface area contributed by atoms with Crippen molar-refractivity contribution in [1.29, 1.82) is 0 Å². The third-order valence-electron chi connectivity index (χ3n) is 2.75. The molecule has 2 aromatic rings. The highest BCUT2D eigenvalue weighted by atomic mass is 32.1. The zero-order valence-electron chi connectivity index (χ0n) is 10.6. The van der Waals surface area contributed by atoms with Crippen LogP contribution in [0.5, 0.6) is 0 Å². The third kappa shape index (κ3) is 2.59. The van der Waals surface area contributed by atoms with Crippen molar-refractivity contribution in [2.24, 2.45) is 13.0 Å². The predicted molar refractivity (Wildman–Crippen MR) is 70.4 cm³/mol. The van der Waals surface area contributed by atoms with E-state index in [4.69, 9.17) is 0 Å². The van der Waals surface area contributed by atoms with Crippen LogP contribution in [-0.4, -0.2) is 20.4 Å². The molecule has 0 unspecified atom stereocenters. The Kier molecular flexibility index (Phi) is 3.76. The number of hydrogen-bond acceptors (Lipinski definition) is 4. The summed E-state index contributed by atoms with van der Waals surface area (Å²) in [5.41, 5.74) is 1.65. The summed E-state index contributed by atoms with van der Waals surface area (Å²) in [5.74, 6) is 1.03. The molecule has 2 aromatic heterocycles. The second kappa shape index (κ2) is 5.30. The lowest BCUT2D eigenvalue weighted by atomic mass is 10.0. The summed E-state index contributed by atoms with van der Waals surface area (Å²) in [6.07, 6.45) is 5.20. The van der Waals surface area contributed by atoms with Crippen molar-refractivity contribution in [3.05, 3.63) is 34.8 Å². The maximum absolute atomic E-state index is 12.0. The zero-order chi connectivity index (χ0) is 13.1. The van der Waals surface area contributed by atoms with Gasteiger partial charge in [0.1, 0.15) is 10.7 Å². The number of aromatic nitrogens is 3. The number of carbonyl (C=O) groups is 1. The number of carbonyl (C=O) groups excluding carboxylic acids is 1. The molecule has 0 saturated heterocycles. The van der Waals surface area contributed by atoms with Gasteiger partial charge in [-0.3, -0.25) is 9.78 Å². The first kappa shape index (κ1) is 12.8. The fraction of sp³-hybridized carbons (Fsp3) is 0.417. The second-order valence-corrected chi connectivity index (χ2v) is 5.34. The lowest BCUT2D eigenvalue weighted by molar-refractivity contribution is 0.0926. The van der Waals surface area contributed by atoms with Gasteiger partial charge in [0, 0.05) is 19.4 Å². The first-order valence-electron chi connectivity index (χ1n) is 5.76. The number of nitrogens with zero attached hydrogens (tertiary/aromatic N) is 3. The average molecular weight is 264 g/mol. The van der Waals surface area contributed by atoms with Gasteiger partial charge in [0.15, 0.2) is 0 Å². The zero-order valence-corrected chi connectivity index (χ0v) is 11.4. The van der Waals surface area contributed by atoms with Crippen molar-refractivity contribution in [3.63, 3.8) is 0 Å². The molecule has 0 aliphatic heterocycles. The van der Waals surface area contributed by atoms with Gasteiger partial charge in [-0.1, -0.05) is 13.8 Å². The Labute approximate surface area is 110 Å². The number of aryl methyl sites for hydroxylation is 1. The van der Waals surface area contributed by atoms with Crippen molar-refractivity contribution in [2.75, 3.05) is 0 Å². The smallest absolute Gasteiger partial charge is 0.263 e. The monoisotopic (exact) mass is 264 g/mol. The van der Waals surface area contributed by atoms with Gasteiger partial charge in [0.2, 0.25) is 0 Å². The molecule has 0 fully saturated rings. The van der Waals surface area contributed by atoms with E-state index < -0.39 is 0 Å². The number of imidazole rings is 1. The first-order valence-corrected chi connectivity index (χ1v) is 6.64. The van der Waals surface area contributed by atoms with Crippen LogP contribution >= 0.6 is 11.3 Å². The van der Waals surface area contributed by atoms with Crippen molar-refractivity contribution in [2.45, 2.75) is 19.9 Å². The van der Waals surface area contributed by atoms with Gasteiger partial charge in [0.05, 0.1) is 17.7 Å². The SMILES string of the molecule is CC(C)[C@@H](NC(=O)c1cncs1)c1nccn1C. The van der Waals surface area contributed by atoms with Crippen LogP contribution < -0.4 is 5.32 Å². The molecular weight excluding hydrogens is 248 g/mol. The molecule has 2 rings (SSSR count). The summed E-state index contributed by atoms with van der Waals surface area (Å²) in [6, 6.07) is -0.0976. The Hall–Kier alpha value is -1.69. The maximum Gasteiger partial charge on any atom is 0.263 e. The van der Waals surface area contributed by atoms with Crippen molar-refractivity contribution in [3.8, 4) is 0 Å². The quantitative estimate of drug-likeness (QED) is 0.919. The third-order valence-corrected chi connectivity index (χ3v) is 3.52. The van der Waals surface area contributed by atoms with E-state index in [1.54, 1.807) is 17.9 Å². The molecule has 6 heteroatoms. The van der Waals surface area contributed by atoms with Gasteiger partial charge in [0.25, 0.3) is 5.91 Å². The number of nitrogens with one attached hydrogen (secondary N) is 1. The molecule has 0 saturated carbocycles. The number of thiazole rings is 1. The first-order chi connectivity index (χ1) is 8.59. The van der Waals surface area contributed by atoms with Crippen molar-refractivity contribution < 1.29 is 4.79 Å². The molecule has 1 N–H and O–H groups in total. The van der Waals surface area contributed by atoms with Gasteiger partial charge in [-0.15, -0.1) is 11.3 Å². The van der Waals surface area contributed by atoms with Crippen LogP contribution in [0.25, 0.3) is 0 Å². The van der Waals surface area contributed by atoms with Gasteiger partial charge in [-0.25, -0.2) is 4.98 Å². The van der Waals surface area contributed by atoms with Crippen LogP contribution in [-0.2, 0) is 7.05 Å². The summed E-state index contributed by atoms with van der Waals surface area (Å²) in [6.45, 7) is 4.12. The molecular formula is C12H16N4OS. The van der Waals surface area contributed by atoms with Gasteiger partial charge < -0.3 is 9.88 Å². The van der Waals surface area contributed by atoms with Crippen LogP contribution in [0.1, 0.15) is 35.4 Å². The van der Waals surface area contributed by atoms with E-state index in [1.807, 2.05) is 17.8 Å². The number of amides is 1. The van der Waals surface area contributed by atoms with E-state index in [9.17, 15) is 4.79 Å². The van der Waals surface area contributed by atoms with E-state index in [-0.39, 0.29) is 17.9 Å². The molecule has 0 bridgehead atoms. The molecule has 1 atom stereocenters. The Balaban J connectivity index is 2.18. The van der Waals surface area contributed by atoms with Crippen LogP contribution in [0.3, 0.4) is 0 Å². The fourth-order valence-corrected chi connectivity index (χ4v) is 2.27. The fourth-order valence-electron chi connectivity index (χ4n) is 1.75. The summed E-state index contributed by atoms with van der Waals surface area (Å²) >= 11 is 1.34. The molecule has 1 amide bonds. The predicted octanol–water partition coefficient (Wildman–Crippen LogP) is 2.00. The van der Waals surface area contributed by atoms with Crippen LogP contribution in [0.15, 0.2) is 24.1 Å². The normalized spacial score (nSPS) is 12.7. The van der Waals surface area contributed by atoms with Gasteiger partial charge in [-0.2, -0.15) is 0 Å². The van der Waals surface area contributed by atoms with E-state index >= 15 is 0 Å². The van der Waals surface area contributed by atoms with Gasteiger partial charge >= 0.3 is 0 Å². The minimum atomic E-state index is -0.0980. The molecule has 5 nitrogen and oxygen atoms in total. The number of rotatable bonds is 4. The van der Waals surface area contributed by atoms with Crippen molar-refractivity contribution >= 4 is 17.2 Å². The molecule has 0 spiro atoms. The summed E-state index contributed by atoms with van der Waals surface area (Å²) in [7, 11) is 1.93. The van der Waals surface area contributed by atoms with E-state index in [1.165, 1.54) is 11.3 Å². The highest BCUT2D eigenvalue weighted by Crippen LogP contribution is 2.20. The molecule has 96 valence electrons. The van der Waals surface area contributed by atoms with Crippen LogP contribution in [0.2, 0.25) is 0 Å². The summed E-state index contributed by atoms with van der Waals surface area (Å²) in [5, 5.41) is 3.01. The Morgan fingerprint density at radius 3 is 2.78 bits per heavy atom. The summed E-state index contributed by atoms with van der Waals surface area (Å²) in [4.78, 5) is 20.9. The average Bonchev–Trinajstić information content (AvgIpc) is 2.96. The summed E-state index contributed by atoms with van der Waals surface area (Å²) < 4.78 is 1.93. The molecule has 0 radical (unpaired) electrons. The minimum absolute atomic E-state index is 0.0976. The molecule has 0 aliphatic rings. The van der Waals surface area contributed by atoms with E-state index in [2.05, 4.69) is 29.1 Å². The van der Waals surface area contributed by atoms with Crippen LogP contribution in [0.4, 0.5) is 0 Å². The highest BCUT2D eigenvalue weighted by Gasteiger charge is 2.22. The molecule has 2 heterocycles. The standard InChI is InChI=1S/C12H16N4OS/c1-8(2)10(11-14-4-5-16(11)3)15-12(17)9-6-13-7-18-9/h4-8,10H,1-3H3,(H,15,17)/t10-/m1/s1. The molecule has 18 heavy (non-hydrogen) atoms. The largest absolute Gasteiger partial charge is 0.341 e. The lowest BCUT2D eigenvalue weighted by Gasteiger charge is -2.21. The maximum atomic E-state index is 12.0. The van der Waals surface area contributed by atoms with Crippen LogP contribution in [0, 0.1) is 5.92 Å². The highest BCUT2D eigenvalue weighted by molar-refractivity contribution is 7.11. The molecule has 0 aromatic carbocycles. The Morgan fingerprint density at radius 2 is 2.28 bits per heavy atom. The lowest BCUT2D eigenvalue weighted by Crippen LogP contribution is -2.33. The van der Waals surface area contributed by atoms with Crippen molar-refractivity contribution in [1.82, 2.24) is 19.9 Å². The Bertz CT molecular complexity index is 518. The topological polar surface area (TPSA) is 59.8 Å². The van der Waals surface area contributed by atoms with E-state index in [0.29, 0.717) is 4.88 Å². The number of hydrogen-bond donors (Lipinski definition) is 1. The minimum Gasteiger partial charge on any atom is -0.341 e.